The second-order valence-electron chi connectivity index (χ2n) is 5.80. The van der Waals surface area contributed by atoms with Crippen LogP contribution in [0.15, 0.2) is 18.5 Å². The summed E-state index contributed by atoms with van der Waals surface area (Å²) >= 11 is 0. The van der Waals surface area contributed by atoms with E-state index in [2.05, 4.69) is 44.1 Å². The summed E-state index contributed by atoms with van der Waals surface area (Å²) in [5.74, 6) is 1.81. The second-order valence-corrected chi connectivity index (χ2v) is 5.80. The van der Waals surface area contributed by atoms with Crippen LogP contribution in [0.2, 0.25) is 0 Å². The average Bonchev–Trinajstić information content (AvgIpc) is 3.07. The fourth-order valence-electron chi connectivity index (χ4n) is 2.38. The SMILES string of the molecule is CNc1nc(N2CCC(C)(C)C2)nc(-n2cccn2)n1. The number of nitrogens with one attached hydrogen (secondary N) is 1. The van der Waals surface area contributed by atoms with E-state index >= 15 is 0 Å². The molecule has 1 aliphatic rings. The van der Waals surface area contributed by atoms with Gasteiger partial charge in [-0.15, -0.1) is 0 Å². The van der Waals surface area contributed by atoms with E-state index in [-0.39, 0.29) is 0 Å². The molecular weight excluding hydrogens is 254 g/mol. The van der Waals surface area contributed by atoms with E-state index in [0.717, 1.165) is 19.5 Å². The van der Waals surface area contributed by atoms with Crippen LogP contribution in [0.3, 0.4) is 0 Å². The molecule has 0 saturated carbocycles. The fourth-order valence-corrected chi connectivity index (χ4v) is 2.38. The Hall–Kier alpha value is -2.18. The number of hydrogen-bond donors (Lipinski definition) is 1. The van der Waals surface area contributed by atoms with Gasteiger partial charge in [-0.2, -0.15) is 20.1 Å². The maximum absolute atomic E-state index is 4.54. The van der Waals surface area contributed by atoms with Crippen molar-refractivity contribution in [1.29, 1.82) is 0 Å². The standard InChI is InChI=1S/C13H19N7/c1-13(2)5-8-19(9-13)11-16-10(14-3)17-12(18-11)20-7-4-6-15-20/h4,6-7H,5,8-9H2,1-3H3,(H,14,16,17,18). The Bertz CT molecular complexity index is 591. The Morgan fingerprint density at radius 3 is 2.60 bits per heavy atom. The summed E-state index contributed by atoms with van der Waals surface area (Å²) in [4.78, 5) is 15.5. The summed E-state index contributed by atoms with van der Waals surface area (Å²) in [6.07, 6.45) is 4.68. The van der Waals surface area contributed by atoms with Gasteiger partial charge in [-0.05, 0) is 17.9 Å². The highest BCUT2D eigenvalue weighted by Gasteiger charge is 2.31. The maximum atomic E-state index is 4.54. The molecule has 2 aromatic heterocycles. The van der Waals surface area contributed by atoms with Crippen molar-refractivity contribution in [3.63, 3.8) is 0 Å². The van der Waals surface area contributed by atoms with Crippen molar-refractivity contribution in [2.24, 2.45) is 5.41 Å². The van der Waals surface area contributed by atoms with Crippen molar-refractivity contribution in [2.75, 3.05) is 30.4 Å². The zero-order valence-corrected chi connectivity index (χ0v) is 12.0. The van der Waals surface area contributed by atoms with Crippen LogP contribution in [-0.2, 0) is 0 Å². The minimum absolute atomic E-state index is 0.304. The molecule has 3 heterocycles. The van der Waals surface area contributed by atoms with Crippen LogP contribution < -0.4 is 10.2 Å². The third kappa shape index (κ3) is 2.43. The zero-order chi connectivity index (χ0) is 14.2. The summed E-state index contributed by atoms with van der Waals surface area (Å²) in [5, 5.41) is 7.16. The Morgan fingerprint density at radius 1 is 1.20 bits per heavy atom. The monoisotopic (exact) mass is 273 g/mol. The van der Waals surface area contributed by atoms with Crippen LogP contribution in [-0.4, -0.2) is 44.9 Å². The molecule has 2 aromatic rings. The highest BCUT2D eigenvalue weighted by Crippen LogP contribution is 2.31. The first-order chi connectivity index (χ1) is 9.57. The number of aromatic nitrogens is 5. The number of hydrogen-bond acceptors (Lipinski definition) is 6. The molecule has 1 aliphatic heterocycles. The smallest absolute Gasteiger partial charge is 0.257 e. The average molecular weight is 273 g/mol. The van der Waals surface area contributed by atoms with Gasteiger partial charge in [0.05, 0.1) is 0 Å². The number of anilines is 2. The van der Waals surface area contributed by atoms with Gasteiger partial charge >= 0.3 is 0 Å². The predicted molar refractivity (Wildman–Crippen MR) is 77.1 cm³/mol. The minimum atomic E-state index is 0.304. The second kappa shape index (κ2) is 4.73. The largest absolute Gasteiger partial charge is 0.357 e. The Morgan fingerprint density at radius 2 is 2.00 bits per heavy atom. The molecule has 7 nitrogen and oxygen atoms in total. The minimum Gasteiger partial charge on any atom is -0.357 e. The molecule has 1 saturated heterocycles. The fraction of sp³-hybridized carbons (Fsp3) is 0.538. The first kappa shape index (κ1) is 12.8. The summed E-state index contributed by atoms with van der Waals surface area (Å²) in [5.41, 5.74) is 0.304. The molecule has 1 fully saturated rings. The van der Waals surface area contributed by atoms with E-state index in [1.165, 1.54) is 0 Å². The van der Waals surface area contributed by atoms with Crippen molar-refractivity contribution in [2.45, 2.75) is 20.3 Å². The topological polar surface area (TPSA) is 71.8 Å². The van der Waals surface area contributed by atoms with E-state index in [1.807, 2.05) is 12.3 Å². The van der Waals surface area contributed by atoms with Crippen molar-refractivity contribution < 1.29 is 0 Å². The van der Waals surface area contributed by atoms with Crippen molar-refractivity contribution in [1.82, 2.24) is 24.7 Å². The lowest BCUT2D eigenvalue weighted by Gasteiger charge is -2.20. The quantitative estimate of drug-likeness (QED) is 0.909. The molecule has 20 heavy (non-hydrogen) atoms. The lowest BCUT2D eigenvalue weighted by atomic mass is 9.93. The van der Waals surface area contributed by atoms with Crippen LogP contribution in [0, 0.1) is 5.41 Å². The van der Waals surface area contributed by atoms with Gasteiger partial charge in [-0.25, -0.2) is 4.68 Å². The van der Waals surface area contributed by atoms with Gasteiger partial charge in [-0.1, -0.05) is 13.8 Å². The van der Waals surface area contributed by atoms with E-state index in [9.17, 15) is 0 Å². The van der Waals surface area contributed by atoms with E-state index in [0.29, 0.717) is 23.3 Å². The van der Waals surface area contributed by atoms with E-state index < -0.39 is 0 Å². The number of nitrogens with zero attached hydrogens (tertiary/aromatic N) is 6. The van der Waals surface area contributed by atoms with Gasteiger partial charge in [0.2, 0.25) is 11.9 Å². The molecule has 106 valence electrons. The van der Waals surface area contributed by atoms with Gasteiger partial charge in [0.25, 0.3) is 5.95 Å². The first-order valence-electron chi connectivity index (χ1n) is 6.76. The molecule has 0 aliphatic carbocycles. The molecule has 3 rings (SSSR count). The highest BCUT2D eigenvalue weighted by molar-refractivity contribution is 5.41. The molecule has 7 heteroatoms. The third-order valence-corrected chi connectivity index (χ3v) is 3.50. The molecule has 0 radical (unpaired) electrons. The van der Waals surface area contributed by atoms with Crippen LogP contribution >= 0.6 is 0 Å². The van der Waals surface area contributed by atoms with E-state index in [4.69, 9.17) is 0 Å². The number of rotatable bonds is 3. The molecule has 0 bridgehead atoms. The zero-order valence-electron chi connectivity index (χ0n) is 12.0. The molecule has 0 unspecified atom stereocenters. The van der Waals surface area contributed by atoms with Crippen LogP contribution in [0.5, 0.6) is 0 Å². The molecule has 0 aromatic carbocycles. The van der Waals surface area contributed by atoms with Crippen molar-refractivity contribution in [3.05, 3.63) is 18.5 Å². The van der Waals surface area contributed by atoms with Gasteiger partial charge in [-0.3, -0.25) is 0 Å². The lowest BCUT2D eigenvalue weighted by molar-refractivity contribution is 0.418. The van der Waals surface area contributed by atoms with Crippen molar-refractivity contribution in [3.8, 4) is 5.95 Å². The van der Waals surface area contributed by atoms with Crippen LogP contribution in [0.4, 0.5) is 11.9 Å². The summed E-state index contributed by atoms with van der Waals surface area (Å²) < 4.78 is 1.65. The first-order valence-corrected chi connectivity index (χ1v) is 6.76. The lowest BCUT2D eigenvalue weighted by Crippen LogP contribution is -2.25. The van der Waals surface area contributed by atoms with Gasteiger partial charge in [0.1, 0.15) is 0 Å². The summed E-state index contributed by atoms with van der Waals surface area (Å²) in [6.45, 7) is 6.46. The van der Waals surface area contributed by atoms with Gasteiger partial charge in [0.15, 0.2) is 0 Å². The predicted octanol–water partition coefficient (Wildman–Crippen LogP) is 1.34. The summed E-state index contributed by atoms with van der Waals surface area (Å²) in [6, 6.07) is 1.85. The highest BCUT2D eigenvalue weighted by atomic mass is 15.4. The molecular formula is C13H19N7. The molecule has 0 spiro atoms. The van der Waals surface area contributed by atoms with Crippen LogP contribution in [0.1, 0.15) is 20.3 Å². The molecule has 1 N–H and O–H groups in total. The van der Waals surface area contributed by atoms with E-state index in [1.54, 1.807) is 17.9 Å². The van der Waals surface area contributed by atoms with Gasteiger partial charge in [0, 0.05) is 32.5 Å². The van der Waals surface area contributed by atoms with Gasteiger partial charge < -0.3 is 10.2 Å². The van der Waals surface area contributed by atoms with Crippen molar-refractivity contribution >= 4 is 11.9 Å². The Labute approximate surface area is 118 Å². The third-order valence-electron chi connectivity index (χ3n) is 3.50. The molecule has 0 amide bonds. The maximum Gasteiger partial charge on any atom is 0.257 e. The normalized spacial score (nSPS) is 17.4. The Balaban J connectivity index is 1.97. The Kier molecular flexibility index (Phi) is 3.04. The summed E-state index contributed by atoms with van der Waals surface area (Å²) in [7, 11) is 1.81. The van der Waals surface area contributed by atoms with Crippen LogP contribution in [0.25, 0.3) is 5.95 Å². The molecule has 0 atom stereocenters.